The highest BCUT2D eigenvalue weighted by Crippen LogP contribution is 2.31. The minimum Gasteiger partial charge on any atom is -0.378 e. The minimum absolute atomic E-state index is 0.0241. The molecule has 1 saturated heterocycles. The molecule has 1 N–H and O–H groups in total. The smallest absolute Gasteiger partial charge is 0.256 e. The van der Waals surface area contributed by atoms with Crippen LogP contribution in [-0.4, -0.2) is 52.0 Å². The number of nitrogens with zero attached hydrogens (tertiary/aromatic N) is 2. The average molecular weight is 316 g/mol. The van der Waals surface area contributed by atoms with Gasteiger partial charge < -0.3 is 14.9 Å². The van der Waals surface area contributed by atoms with Gasteiger partial charge in [-0.3, -0.25) is 9.59 Å². The third kappa shape index (κ3) is 2.98. The highest BCUT2D eigenvalue weighted by Gasteiger charge is 2.43. The van der Waals surface area contributed by atoms with Crippen LogP contribution < -0.4 is 0 Å². The maximum absolute atomic E-state index is 12.7. The maximum Gasteiger partial charge on any atom is 0.256 e. The largest absolute Gasteiger partial charge is 0.378 e. The normalized spacial score (nSPS) is 22.2. The Morgan fingerprint density at radius 3 is 2.65 bits per heavy atom. The van der Waals surface area contributed by atoms with Gasteiger partial charge in [0.15, 0.2) is 5.60 Å². The monoisotopic (exact) mass is 316 g/mol. The molecule has 124 valence electrons. The van der Waals surface area contributed by atoms with Crippen molar-refractivity contribution in [2.75, 3.05) is 19.6 Å². The van der Waals surface area contributed by atoms with E-state index in [-0.39, 0.29) is 23.8 Å². The lowest BCUT2D eigenvalue weighted by Gasteiger charge is -2.32. The summed E-state index contributed by atoms with van der Waals surface area (Å²) in [5.41, 5.74) is 0.143. The van der Waals surface area contributed by atoms with Gasteiger partial charge in [0.05, 0.1) is 6.54 Å². The number of fused-ring (bicyclic) bond motifs is 1. The number of hydrogen-bond donors (Lipinski definition) is 1. The van der Waals surface area contributed by atoms with E-state index >= 15 is 0 Å². The Morgan fingerprint density at radius 1 is 1.35 bits per heavy atom. The van der Waals surface area contributed by atoms with Gasteiger partial charge in [-0.25, -0.2) is 0 Å². The first-order valence-corrected chi connectivity index (χ1v) is 8.09. The summed E-state index contributed by atoms with van der Waals surface area (Å²) in [5.74, 6) is -0.401. The van der Waals surface area contributed by atoms with Crippen molar-refractivity contribution in [3.05, 3.63) is 35.4 Å². The van der Waals surface area contributed by atoms with Crippen molar-refractivity contribution >= 4 is 11.8 Å². The number of hydrogen-bond acceptors (Lipinski definition) is 3. The predicted molar refractivity (Wildman–Crippen MR) is 86.8 cm³/mol. The molecule has 1 aromatic rings. The van der Waals surface area contributed by atoms with Gasteiger partial charge in [-0.15, -0.1) is 0 Å². The summed E-state index contributed by atoms with van der Waals surface area (Å²) < 4.78 is 0. The third-order valence-electron chi connectivity index (χ3n) is 4.82. The number of carbonyl (C=O) groups is 2. The van der Waals surface area contributed by atoms with Crippen LogP contribution in [0.1, 0.15) is 43.1 Å². The number of rotatable bonds is 3. The van der Waals surface area contributed by atoms with E-state index in [0.717, 1.165) is 12.0 Å². The van der Waals surface area contributed by atoms with Crippen LogP contribution in [0.4, 0.5) is 0 Å². The Hall–Kier alpha value is -1.88. The molecule has 1 aromatic carbocycles. The van der Waals surface area contributed by atoms with Gasteiger partial charge in [0.1, 0.15) is 0 Å². The molecule has 3 rings (SSSR count). The summed E-state index contributed by atoms with van der Waals surface area (Å²) in [4.78, 5) is 28.3. The summed E-state index contributed by atoms with van der Waals surface area (Å²) >= 11 is 0. The van der Waals surface area contributed by atoms with E-state index in [1.54, 1.807) is 15.9 Å². The molecule has 0 saturated carbocycles. The zero-order chi connectivity index (χ0) is 16.8. The quantitative estimate of drug-likeness (QED) is 0.922. The second kappa shape index (κ2) is 5.34. The number of carbonyl (C=O) groups excluding carboxylic acids is 2. The van der Waals surface area contributed by atoms with Gasteiger partial charge in [0, 0.05) is 25.2 Å². The summed E-state index contributed by atoms with van der Waals surface area (Å²) in [6, 6.07) is 7.42. The molecule has 1 fully saturated rings. The van der Waals surface area contributed by atoms with Crippen molar-refractivity contribution in [3.63, 3.8) is 0 Å². The molecule has 5 heteroatoms. The Kier molecular flexibility index (Phi) is 3.71. The summed E-state index contributed by atoms with van der Waals surface area (Å²) in [5, 5.41) is 10.7. The molecule has 2 amide bonds. The molecule has 2 heterocycles. The fourth-order valence-electron chi connectivity index (χ4n) is 3.51. The Bertz CT molecular complexity index is 651. The van der Waals surface area contributed by atoms with Crippen molar-refractivity contribution in [1.29, 1.82) is 0 Å². The Labute approximate surface area is 136 Å². The van der Waals surface area contributed by atoms with E-state index in [0.29, 0.717) is 25.2 Å². The maximum atomic E-state index is 12.7. The SMILES string of the molecule is CC1(C)CCN(C(=O)[C@@](C)(O)CN2Cc3ccccc3C2=O)C1. The van der Waals surface area contributed by atoms with Gasteiger partial charge in [0.2, 0.25) is 0 Å². The topological polar surface area (TPSA) is 60.9 Å². The summed E-state index contributed by atoms with van der Waals surface area (Å²) in [6.07, 6.45) is 0.933. The first kappa shape index (κ1) is 16.0. The standard InChI is InChI=1S/C18H24N2O3/c1-17(2)8-9-19(11-17)16(22)18(3,23)12-20-10-13-6-4-5-7-14(13)15(20)21/h4-7,23H,8-12H2,1-3H3/t18-/m0/s1. The highest BCUT2D eigenvalue weighted by atomic mass is 16.3. The number of amides is 2. The summed E-state index contributed by atoms with van der Waals surface area (Å²) in [7, 11) is 0. The molecule has 23 heavy (non-hydrogen) atoms. The lowest BCUT2D eigenvalue weighted by molar-refractivity contribution is -0.150. The lowest BCUT2D eigenvalue weighted by Crippen LogP contribution is -2.53. The van der Waals surface area contributed by atoms with Gasteiger partial charge in [0.25, 0.3) is 11.8 Å². The van der Waals surface area contributed by atoms with E-state index < -0.39 is 5.60 Å². The molecule has 0 radical (unpaired) electrons. The van der Waals surface area contributed by atoms with Crippen LogP contribution in [0.2, 0.25) is 0 Å². The van der Waals surface area contributed by atoms with Crippen molar-refractivity contribution in [1.82, 2.24) is 9.80 Å². The van der Waals surface area contributed by atoms with Gasteiger partial charge >= 0.3 is 0 Å². The molecular weight excluding hydrogens is 292 g/mol. The van der Waals surface area contributed by atoms with Crippen LogP contribution in [0.3, 0.4) is 0 Å². The van der Waals surface area contributed by atoms with E-state index in [1.807, 2.05) is 18.2 Å². The van der Waals surface area contributed by atoms with E-state index in [4.69, 9.17) is 0 Å². The number of likely N-dealkylation sites (tertiary alicyclic amines) is 1. The molecule has 0 aliphatic carbocycles. The Balaban J connectivity index is 1.70. The number of benzene rings is 1. The highest BCUT2D eigenvalue weighted by molar-refractivity contribution is 5.98. The van der Waals surface area contributed by atoms with Crippen molar-refractivity contribution in [2.24, 2.45) is 5.41 Å². The van der Waals surface area contributed by atoms with Crippen LogP contribution in [0.25, 0.3) is 0 Å². The molecule has 2 aliphatic rings. The van der Waals surface area contributed by atoms with E-state index in [2.05, 4.69) is 13.8 Å². The zero-order valence-electron chi connectivity index (χ0n) is 14.0. The van der Waals surface area contributed by atoms with Gasteiger partial charge in [-0.05, 0) is 30.4 Å². The second-order valence-corrected chi connectivity index (χ2v) is 7.73. The lowest BCUT2D eigenvalue weighted by atomic mass is 9.93. The van der Waals surface area contributed by atoms with Crippen molar-refractivity contribution in [3.8, 4) is 0 Å². The predicted octanol–water partition coefficient (Wildman–Crippen LogP) is 1.65. The molecule has 0 aromatic heterocycles. The molecule has 2 aliphatic heterocycles. The second-order valence-electron chi connectivity index (χ2n) is 7.73. The molecule has 1 atom stereocenters. The fraction of sp³-hybridized carbons (Fsp3) is 0.556. The first-order chi connectivity index (χ1) is 10.7. The van der Waals surface area contributed by atoms with Crippen LogP contribution in [0, 0.1) is 5.41 Å². The minimum atomic E-state index is -1.56. The average Bonchev–Trinajstić information content (AvgIpc) is 2.99. The van der Waals surface area contributed by atoms with Gasteiger partial charge in [-0.2, -0.15) is 0 Å². The molecule has 0 bridgehead atoms. The number of aliphatic hydroxyl groups is 1. The molecular formula is C18H24N2O3. The zero-order valence-corrected chi connectivity index (χ0v) is 14.0. The van der Waals surface area contributed by atoms with E-state index in [1.165, 1.54) is 6.92 Å². The molecule has 5 nitrogen and oxygen atoms in total. The summed E-state index contributed by atoms with van der Waals surface area (Å²) in [6.45, 7) is 7.54. The van der Waals surface area contributed by atoms with E-state index in [9.17, 15) is 14.7 Å². The Morgan fingerprint density at radius 2 is 2.04 bits per heavy atom. The van der Waals surface area contributed by atoms with Crippen LogP contribution in [0.15, 0.2) is 24.3 Å². The van der Waals surface area contributed by atoms with Crippen molar-refractivity contribution in [2.45, 2.75) is 39.3 Å². The number of β-amino-alcohol motifs (C(OH)–C–C–N with tert-alkyl or cyclic N) is 1. The fourth-order valence-corrected chi connectivity index (χ4v) is 3.51. The van der Waals surface area contributed by atoms with Crippen LogP contribution in [0.5, 0.6) is 0 Å². The molecule has 0 spiro atoms. The van der Waals surface area contributed by atoms with Gasteiger partial charge in [-0.1, -0.05) is 32.0 Å². The third-order valence-corrected chi connectivity index (χ3v) is 4.82. The van der Waals surface area contributed by atoms with Crippen LogP contribution in [-0.2, 0) is 11.3 Å². The molecule has 0 unspecified atom stereocenters. The van der Waals surface area contributed by atoms with Crippen molar-refractivity contribution < 1.29 is 14.7 Å². The van der Waals surface area contributed by atoms with Crippen LogP contribution >= 0.6 is 0 Å². The first-order valence-electron chi connectivity index (χ1n) is 8.09.